The van der Waals surface area contributed by atoms with E-state index in [0.29, 0.717) is 27.9 Å². The summed E-state index contributed by atoms with van der Waals surface area (Å²) < 4.78 is 0.513. The molecule has 0 bridgehead atoms. The van der Waals surface area contributed by atoms with E-state index in [-0.39, 0.29) is 24.0 Å². The lowest BCUT2D eigenvalue weighted by atomic mass is 10.2. The molecule has 0 radical (unpaired) electrons. The molecule has 0 saturated carbocycles. The first-order valence-corrected chi connectivity index (χ1v) is 10.0. The number of amides is 2. The van der Waals surface area contributed by atoms with Gasteiger partial charge in [0, 0.05) is 17.8 Å². The van der Waals surface area contributed by atoms with Crippen LogP contribution >= 0.6 is 35.3 Å². The summed E-state index contributed by atoms with van der Waals surface area (Å²) in [5.74, 6) is -0.308. The average molecular weight is 405 g/mol. The van der Waals surface area contributed by atoms with Crippen molar-refractivity contribution >= 4 is 63.2 Å². The van der Waals surface area contributed by atoms with Crippen molar-refractivity contribution in [3.8, 4) is 5.75 Å². The number of hydrogen-bond donors (Lipinski definition) is 2. The normalized spacial score (nSPS) is 15.7. The average Bonchev–Trinajstić information content (AvgIpc) is 3.21. The Morgan fingerprint density at radius 1 is 1.27 bits per heavy atom. The molecule has 2 heterocycles. The van der Waals surface area contributed by atoms with Gasteiger partial charge in [0.25, 0.3) is 5.91 Å². The van der Waals surface area contributed by atoms with Crippen LogP contribution in [0.15, 0.2) is 46.7 Å². The number of thioether (sulfide) groups is 1. The van der Waals surface area contributed by atoms with Gasteiger partial charge in [-0.25, -0.2) is 0 Å². The Balaban J connectivity index is 1.52. The lowest BCUT2D eigenvalue weighted by molar-refractivity contribution is -0.122. The van der Waals surface area contributed by atoms with E-state index in [1.165, 1.54) is 22.7 Å². The molecule has 2 aromatic rings. The molecule has 1 aliphatic rings. The molecular weight excluding hydrogens is 388 g/mol. The van der Waals surface area contributed by atoms with Crippen LogP contribution in [-0.2, 0) is 9.59 Å². The molecule has 1 aromatic heterocycles. The van der Waals surface area contributed by atoms with Gasteiger partial charge in [-0.3, -0.25) is 14.5 Å². The number of nitrogens with one attached hydrogen (secondary N) is 1. The van der Waals surface area contributed by atoms with E-state index >= 15 is 0 Å². The van der Waals surface area contributed by atoms with Crippen molar-refractivity contribution in [3.05, 3.63) is 51.6 Å². The number of para-hydroxylation sites is 2. The van der Waals surface area contributed by atoms with E-state index in [1.807, 2.05) is 23.6 Å². The lowest BCUT2D eigenvalue weighted by Gasteiger charge is -2.14. The third-order valence-corrected chi connectivity index (χ3v) is 5.85. The molecule has 1 fully saturated rings. The van der Waals surface area contributed by atoms with Crippen LogP contribution in [0.2, 0.25) is 0 Å². The maximum absolute atomic E-state index is 12.5. The second-order valence-corrected chi connectivity index (χ2v) is 8.17. The Morgan fingerprint density at radius 2 is 2.08 bits per heavy atom. The fraction of sp³-hybridized carbons (Fsp3) is 0.167. The maximum atomic E-state index is 12.5. The van der Waals surface area contributed by atoms with Gasteiger partial charge in [0.2, 0.25) is 5.91 Å². The molecule has 2 amide bonds. The van der Waals surface area contributed by atoms with Gasteiger partial charge >= 0.3 is 0 Å². The molecule has 1 saturated heterocycles. The molecule has 0 spiro atoms. The summed E-state index contributed by atoms with van der Waals surface area (Å²) in [5, 5.41) is 14.3. The molecule has 1 aromatic carbocycles. The SMILES string of the molecule is O=C(CCCN1C(=O)/C(=C\c2cccs2)SC1=S)Nc1ccccc1O. The molecule has 0 aliphatic carbocycles. The van der Waals surface area contributed by atoms with Gasteiger partial charge in [0.1, 0.15) is 10.1 Å². The smallest absolute Gasteiger partial charge is 0.266 e. The Labute approximate surface area is 164 Å². The largest absolute Gasteiger partial charge is 0.506 e. The third kappa shape index (κ3) is 4.51. The predicted molar refractivity (Wildman–Crippen MR) is 110 cm³/mol. The topological polar surface area (TPSA) is 69.6 Å². The minimum atomic E-state index is -0.217. The van der Waals surface area contributed by atoms with Crippen LogP contribution in [-0.4, -0.2) is 32.7 Å². The summed E-state index contributed by atoms with van der Waals surface area (Å²) in [6.45, 7) is 0.390. The quantitative estimate of drug-likeness (QED) is 0.431. The lowest BCUT2D eigenvalue weighted by Crippen LogP contribution is -2.29. The van der Waals surface area contributed by atoms with Crippen molar-refractivity contribution in [2.45, 2.75) is 12.8 Å². The van der Waals surface area contributed by atoms with Crippen LogP contribution in [0, 0.1) is 0 Å². The second kappa shape index (κ2) is 8.48. The number of hydrogen-bond acceptors (Lipinski definition) is 6. The molecule has 3 rings (SSSR count). The van der Waals surface area contributed by atoms with E-state index in [9.17, 15) is 14.7 Å². The molecule has 26 heavy (non-hydrogen) atoms. The maximum Gasteiger partial charge on any atom is 0.266 e. The summed E-state index contributed by atoms with van der Waals surface area (Å²) in [4.78, 5) is 27.6. The highest BCUT2D eigenvalue weighted by Gasteiger charge is 2.31. The van der Waals surface area contributed by atoms with E-state index < -0.39 is 0 Å². The monoisotopic (exact) mass is 404 g/mol. The van der Waals surface area contributed by atoms with Crippen LogP contribution in [0.3, 0.4) is 0 Å². The minimum Gasteiger partial charge on any atom is -0.506 e. The van der Waals surface area contributed by atoms with Crippen molar-refractivity contribution in [1.29, 1.82) is 0 Å². The Hall–Kier alpha value is -2.16. The molecule has 2 N–H and O–H groups in total. The summed E-state index contributed by atoms with van der Waals surface area (Å²) >= 11 is 8.13. The number of thiocarbonyl (C=S) groups is 1. The number of phenolic OH excluding ortho intramolecular Hbond substituents is 1. The van der Waals surface area contributed by atoms with Crippen molar-refractivity contribution in [2.75, 3.05) is 11.9 Å². The van der Waals surface area contributed by atoms with Gasteiger partial charge in [0.15, 0.2) is 0 Å². The molecular formula is C18H16N2O3S3. The van der Waals surface area contributed by atoms with Gasteiger partial charge in [-0.05, 0) is 36.1 Å². The summed E-state index contributed by atoms with van der Waals surface area (Å²) in [7, 11) is 0. The number of benzene rings is 1. The minimum absolute atomic E-state index is 0.0245. The number of nitrogens with zero attached hydrogens (tertiary/aromatic N) is 1. The van der Waals surface area contributed by atoms with Crippen molar-refractivity contribution in [3.63, 3.8) is 0 Å². The zero-order valence-corrected chi connectivity index (χ0v) is 16.1. The fourth-order valence-corrected chi connectivity index (χ4v) is 4.42. The number of aromatic hydroxyl groups is 1. The number of carbonyl (C=O) groups is 2. The van der Waals surface area contributed by atoms with Gasteiger partial charge in [0.05, 0.1) is 10.6 Å². The van der Waals surface area contributed by atoms with Crippen molar-refractivity contribution in [2.24, 2.45) is 0 Å². The Bertz CT molecular complexity index is 862. The van der Waals surface area contributed by atoms with Crippen LogP contribution in [0.1, 0.15) is 17.7 Å². The number of phenols is 1. The standard InChI is InChI=1S/C18H16N2O3S3/c21-14-7-2-1-6-13(14)19-16(22)8-3-9-20-17(23)15(26-18(20)24)11-12-5-4-10-25-12/h1-2,4-7,10-11,21H,3,8-9H2,(H,19,22)/b15-11+. The van der Waals surface area contributed by atoms with E-state index in [1.54, 1.807) is 29.5 Å². The predicted octanol–water partition coefficient (Wildman–Crippen LogP) is 4.07. The second-order valence-electron chi connectivity index (χ2n) is 5.52. The molecule has 8 heteroatoms. The molecule has 1 aliphatic heterocycles. The Kier molecular flexibility index (Phi) is 6.08. The van der Waals surface area contributed by atoms with Gasteiger partial charge in [-0.1, -0.05) is 42.2 Å². The van der Waals surface area contributed by atoms with Crippen LogP contribution in [0.25, 0.3) is 6.08 Å². The number of thiophene rings is 1. The van der Waals surface area contributed by atoms with Gasteiger partial charge in [-0.15, -0.1) is 11.3 Å². The van der Waals surface area contributed by atoms with Crippen molar-refractivity contribution in [1.82, 2.24) is 4.90 Å². The third-order valence-electron chi connectivity index (χ3n) is 3.65. The first-order valence-electron chi connectivity index (χ1n) is 7.91. The molecule has 0 unspecified atom stereocenters. The summed E-state index contributed by atoms with van der Waals surface area (Å²) in [6, 6.07) is 10.4. The summed E-state index contributed by atoms with van der Waals surface area (Å²) in [6.07, 6.45) is 2.56. The van der Waals surface area contributed by atoms with Gasteiger partial charge < -0.3 is 10.4 Å². The zero-order valence-electron chi connectivity index (χ0n) is 13.7. The van der Waals surface area contributed by atoms with Crippen molar-refractivity contribution < 1.29 is 14.7 Å². The highest BCUT2D eigenvalue weighted by Crippen LogP contribution is 2.33. The highest BCUT2D eigenvalue weighted by atomic mass is 32.2. The number of anilines is 1. The fourth-order valence-electron chi connectivity index (χ4n) is 2.39. The number of rotatable bonds is 6. The molecule has 134 valence electrons. The first kappa shape index (κ1) is 18.6. The van der Waals surface area contributed by atoms with E-state index in [0.717, 1.165) is 4.88 Å². The van der Waals surface area contributed by atoms with E-state index in [2.05, 4.69) is 5.32 Å². The van der Waals surface area contributed by atoms with Crippen LogP contribution in [0.4, 0.5) is 5.69 Å². The van der Waals surface area contributed by atoms with Gasteiger partial charge in [-0.2, -0.15) is 0 Å². The van der Waals surface area contributed by atoms with Crippen LogP contribution in [0.5, 0.6) is 5.75 Å². The van der Waals surface area contributed by atoms with E-state index in [4.69, 9.17) is 12.2 Å². The first-order chi connectivity index (χ1) is 12.5. The van der Waals surface area contributed by atoms with Crippen LogP contribution < -0.4 is 5.32 Å². The summed E-state index contributed by atoms with van der Waals surface area (Å²) in [5.41, 5.74) is 0.377. The highest BCUT2D eigenvalue weighted by molar-refractivity contribution is 8.26. The zero-order chi connectivity index (χ0) is 18.5. The number of carbonyl (C=O) groups excluding carboxylic acids is 2. The Morgan fingerprint density at radius 3 is 2.81 bits per heavy atom. The molecule has 0 atom stereocenters. The molecule has 5 nitrogen and oxygen atoms in total.